The number of carbonyl (C=O) groups excluding carboxylic acids is 3. The Morgan fingerprint density at radius 3 is 2.56 bits per heavy atom. The van der Waals surface area contributed by atoms with Gasteiger partial charge in [0.15, 0.2) is 0 Å². The third kappa shape index (κ3) is 2.81. The maximum Gasteiger partial charge on any atom is 0.251 e. The van der Waals surface area contributed by atoms with Crippen LogP contribution in [0, 0.1) is 0 Å². The molecule has 1 aliphatic rings. The average molecular weight is 291 g/mol. The summed E-state index contributed by atoms with van der Waals surface area (Å²) in [5, 5.41) is 2.63. The van der Waals surface area contributed by atoms with Crippen LogP contribution in [-0.4, -0.2) is 40.0 Å². The number of rotatable bonds is 2. The molecule has 0 spiro atoms. The van der Waals surface area contributed by atoms with Gasteiger partial charge in [-0.1, -0.05) is 15.9 Å². The van der Waals surface area contributed by atoms with Gasteiger partial charge in [-0.05, 0) is 20.3 Å². The lowest BCUT2D eigenvalue weighted by molar-refractivity contribution is -0.149. The number of piperidine rings is 1. The molecule has 1 heterocycles. The van der Waals surface area contributed by atoms with Crippen LogP contribution in [0.1, 0.15) is 26.7 Å². The maximum absolute atomic E-state index is 11.7. The summed E-state index contributed by atoms with van der Waals surface area (Å²) in [6.07, 6.45) is 0.659. The molecule has 0 saturated carbocycles. The first-order valence-electron chi connectivity index (χ1n) is 5.03. The zero-order valence-corrected chi connectivity index (χ0v) is 11.1. The number of hydrogen-bond donors (Lipinski definition) is 1. The minimum Gasteiger partial charge on any atom is -0.343 e. The molecular formula is C10H15BrN2O3. The van der Waals surface area contributed by atoms with Crippen LogP contribution in [0.2, 0.25) is 0 Å². The van der Waals surface area contributed by atoms with Crippen molar-refractivity contribution in [2.75, 3.05) is 7.05 Å². The first-order valence-corrected chi connectivity index (χ1v) is 5.83. The molecule has 0 aromatic rings. The van der Waals surface area contributed by atoms with Gasteiger partial charge in [0.05, 0.1) is 4.32 Å². The molecule has 0 bridgehead atoms. The fourth-order valence-corrected chi connectivity index (χ4v) is 1.49. The molecule has 1 N–H and O–H groups in total. The molecule has 5 nitrogen and oxygen atoms in total. The minimum atomic E-state index is -0.715. The Hall–Kier alpha value is -0.910. The topological polar surface area (TPSA) is 66.5 Å². The molecule has 1 unspecified atom stereocenters. The highest BCUT2D eigenvalue weighted by molar-refractivity contribution is 9.10. The predicted octanol–water partition coefficient (Wildman–Crippen LogP) is 0.424. The monoisotopic (exact) mass is 290 g/mol. The fraction of sp³-hybridized carbons (Fsp3) is 0.700. The van der Waals surface area contributed by atoms with Crippen molar-refractivity contribution in [3.05, 3.63) is 0 Å². The van der Waals surface area contributed by atoms with E-state index >= 15 is 0 Å². The molecule has 1 saturated heterocycles. The Morgan fingerprint density at radius 2 is 2.06 bits per heavy atom. The van der Waals surface area contributed by atoms with E-state index in [1.54, 1.807) is 13.8 Å². The number of hydrogen-bond acceptors (Lipinski definition) is 3. The zero-order valence-electron chi connectivity index (χ0n) is 9.54. The molecule has 0 aromatic carbocycles. The second-order valence-electron chi connectivity index (χ2n) is 4.33. The molecule has 1 aliphatic heterocycles. The number of imide groups is 1. The first kappa shape index (κ1) is 13.2. The second-order valence-corrected chi connectivity index (χ2v) is 6.31. The molecule has 3 amide bonds. The van der Waals surface area contributed by atoms with E-state index in [2.05, 4.69) is 21.2 Å². The van der Waals surface area contributed by atoms with Crippen molar-refractivity contribution >= 4 is 33.7 Å². The van der Waals surface area contributed by atoms with Gasteiger partial charge in [0.2, 0.25) is 11.8 Å². The Kier molecular flexibility index (Phi) is 3.72. The SMILES string of the molecule is CN1C(=O)CCC(NC(=O)C(C)(C)Br)C1=O. The van der Waals surface area contributed by atoms with Crippen LogP contribution in [-0.2, 0) is 14.4 Å². The van der Waals surface area contributed by atoms with Crippen molar-refractivity contribution in [2.45, 2.75) is 37.1 Å². The number of likely N-dealkylation sites (N-methyl/N-ethyl adjacent to an activating group) is 1. The summed E-state index contributed by atoms with van der Waals surface area (Å²) in [6, 6.07) is -0.591. The number of halogens is 1. The van der Waals surface area contributed by atoms with Gasteiger partial charge in [0.1, 0.15) is 6.04 Å². The summed E-state index contributed by atoms with van der Waals surface area (Å²) in [6.45, 7) is 3.40. The first-order chi connectivity index (χ1) is 7.23. The predicted molar refractivity (Wildman–Crippen MR) is 61.9 cm³/mol. The van der Waals surface area contributed by atoms with Gasteiger partial charge in [-0.15, -0.1) is 0 Å². The third-order valence-electron chi connectivity index (χ3n) is 2.49. The van der Waals surface area contributed by atoms with Crippen molar-refractivity contribution < 1.29 is 14.4 Å². The Morgan fingerprint density at radius 1 is 1.50 bits per heavy atom. The molecule has 90 valence electrons. The van der Waals surface area contributed by atoms with E-state index in [1.807, 2.05) is 0 Å². The Bertz CT molecular complexity index is 335. The van der Waals surface area contributed by atoms with Gasteiger partial charge in [0, 0.05) is 13.5 Å². The highest BCUT2D eigenvalue weighted by atomic mass is 79.9. The van der Waals surface area contributed by atoms with E-state index in [-0.39, 0.29) is 24.1 Å². The van der Waals surface area contributed by atoms with E-state index in [0.29, 0.717) is 6.42 Å². The van der Waals surface area contributed by atoms with Gasteiger partial charge in [-0.25, -0.2) is 0 Å². The molecule has 16 heavy (non-hydrogen) atoms. The van der Waals surface area contributed by atoms with Crippen LogP contribution < -0.4 is 5.32 Å². The van der Waals surface area contributed by atoms with Crippen LogP contribution in [0.15, 0.2) is 0 Å². The van der Waals surface area contributed by atoms with E-state index in [1.165, 1.54) is 7.05 Å². The van der Waals surface area contributed by atoms with E-state index in [9.17, 15) is 14.4 Å². The summed E-state index contributed by atoms with van der Waals surface area (Å²) in [5.41, 5.74) is 0. The lowest BCUT2D eigenvalue weighted by Gasteiger charge is -2.29. The van der Waals surface area contributed by atoms with Gasteiger partial charge < -0.3 is 5.32 Å². The van der Waals surface area contributed by atoms with Crippen molar-refractivity contribution in [2.24, 2.45) is 0 Å². The van der Waals surface area contributed by atoms with Crippen molar-refractivity contribution in [1.82, 2.24) is 10.2 Å². The molecule has 6 heteroatoms. The van der Waals surface area contributed by atoms with Crippen LogP contribution in [0.25, 0.3) is 0 Å². The van der Waals surface area contributed by atoms with E-state index in [0.717, 1.165) is 4.90 Å². The summed E-state index contributed by atoms with van der Waals surface area (Å²) in [4.78, 5) is 35.6. The molecule has 1 rings (SSSR count). The minimum absolute atomic E-state index is 0.200. The van der Waals surface area contributed by atoms with Crippen molar-refractivity contribution in [3.8, 4) is 0 Å². The number of nitrogens with one attached hydrogen (secondary N) is 1. The quantitative estimate of drug-likeness (QED) is 0.592. The molecule has 1 atom stereocenters. The van der Waals surface area contributed by atoms with Crippen molar-refractivity contribution in [1.29, 1.82) is 0 Å². The summed E-state index contributed by atoms with van der Waals surface area (Å²) in [5.74, 6) is -0.802. The number of likely N-dealkylation sites (tertiary alicyclic amines) is 1. The molecule has 0 aromatic heterocycles. The van der Waals surface area contributed by atoms with Gasteiger partial charge >= 0.3 is 0 Å². The number of nitrogens with zero attached hydrogens (tertiary/aromatic N) is 1. The molecule has 1 fully saturated rings. The van der Waals surface area contributed by atoms with E-state index in [4.69, 9.17) is 0 Å². The van der Waals surface area contributed by atoms with Crippen molar-refractivity contribution in [3.63, 3.8) is 0 Å². The number of amides is 3. The number of alkyl halides is 1. The fourth-order valence-electron chi connectivity index (χ4n) is 1.38. The normalized spacial score (nSPS) is 22.2. The third-order valence-corrected chi connectivity index (χ3v) is 2.86. The summed E-state index contributed by atoms with van der Waals surface area (Å²) < 4.78 is -0.715. The lowest BCUT2D eigenvalue weighted by atomic mass is 10.0. The Labute approximate surface area is 103 Å². The smallest absolute Gasteiger partial charge is 0.251 e. The second kappa shape index (κ2) is 4.53. The van der Waals surface area contributed by atoms with Crippen LogP contribution in [0.5, 0.6) is 0 Å². The standard InChI is InChI=1S/C10H15BrN2O3/c1-10(2,11)9(16)12-6-4-5-7(14)13(3)8(6)15/h6H,4-5H2,1-3H3,(H,12,16). The summed E-state index contributed by atoms with van der Waals surface area (Å²) in [7, 11) is 1.43. The Balaban J connectivity index is 2.66. The maximum atomic E-state index is 11.7. The van der Waals surface area contributed by atoms with Crippen LogP contribution >= 0.6 is 15.9 Å². The molecular weight excluding hydrogens is 276 g/mol. The lowest BCUT2D eigenvalue weighted by Crippen LogP contribution is -2.55. The van der Waals surface area contributed by atoms with Crippen LogP contribution in [0.3, 0.4) is 0 Å². The summed E-state index contributed by atoms with van der Waals surface area (Å²) >= 11 is 3.21. The van der Waals surface area contributed by atoms with E-state index < -0.39 is 10.4 Å². The molecule has 0 radical (unpaired) electrons. The van der Waals surface area contributed by atoms with Gasteiger partial charge in [-0.2, -0.15) is 0 Å². The average Bonchev–Trinajstić information content (AvgIpc) is 2.17. The molecule has 0 aliphatic carbocycles. The zero-order chi connectivity index (χ0) is 12.5. The number of carbonyl (C=O) groups is 3. The van der Waals surface area contributed by atoms with Gasteiger partial charge in [0.25, 0.3) is 5.91 Å². The largest absolute Gasteiger partial charge is 0.343 e. The highest BCUT2D eigenvalue weighted by Gasteiger charge is 2.35. The highest BCUT2D eigenvalue weighted by Crippen LogP contribution is 2.18. The van der Waals surface area contributed by atoms with Crippen LogP contribution in [0.4, 0.5) is 0 Å². The van der Waals surface area contributed by atoms with Gasteiger partial charge in [-0.3, -0.25) is 19.3 Å².